The fourth-order valence-corrected chi connectivity index (χ4v) is 11.9. The fourth-order valence-electron chi connectivity index (χ4n) is 8.81. The van der Waals surface area contributed by atoms with Crippen LogP contribution in [0.5, 0.6) is 11.5 Å². The number of carbonyl (C=O) groups excluding carboxylic acids is 9. The highest BCUT2D eigenvalue weighted by Gasteiger charge is 2.49. The van der Waals surface area contributed by atoms with Crippen LogP contribution in [0, 0.1) is 0 Å². The van der Waals surface area contributed by atoms with Crippen molar-refractivity contribution >= 4 is 86.4 Å². The van der Waals surface area contributed by atoms with Gasteiger partial charge in [-0.05, 0) is 103 Å². The number of nitrogens with two attached hydrogens (primary N) is 4. The predicted molar refractivity (Wildman–Crippen MR) is 296 cm³/mol. The molecule has 0 aromatic heterocycles. The summed E-state index contributed by atoms with van der Waals surface area (Å²) in [4.78, 5) is 127. The number of primary amides is 2. The number of carbonyl (C=O) groups is 9. The minimum atomic E-state index is -1.89. The number of phenolic OH excluding ortho intramolecular Hbond substituents is 2. The van der Waals surface area contributed by atoms with E-state index < -0.39 is 113 Å². The highest BCUT2D eigenvalue weighted by Crippen LogP contribution is 2.35. The van der Waals surface area contributed by atoms with E-state index in [0.29, 0.717) is 40.1 Å². The Morgan fingerprint density at radius 2 is 1.28 bits per heavy atom. The first-order chi connectivity index (χ1) is 37.6. The zero-order valence-corrected chi connectivity index (χ0v) is 45.2. The molecular weight excluding hydrogens is 1080 g/mol. The summed E-state index contributed by atoms with van der Waals surface area (Å²) in [6.45, 7) is 0.218. The number of aliphatic hydroxyl groups is 1. The molecule has 17 N–H and O–H groups in total. The molecule has 4 aromatic rings. The molecular formula is C53H64ClN11O12S2. The molecule has 2 aliphatic rings. The highest BCUT2D eigenvalue weighted by molar-refractivity contribution is 8.77. The van der Waals surface area contributed by atoms with E-state index in [1.54, 1.807) is 24.3 Å². The van der Waals surface area contributed by atoms with Crippen molar-refractivity contribution < 1.29 is 58.5 Å². The second kappa shape index (κ2) is 28.5. The molecule has 9 amide bonds. The molecule has 4 aromatic carbocycles. The molecule has 2 saturated heterocycles. The lowest BCUT2D eigenvalue weighted by Gasteiger charge is -2.40. The topological polar surface area (TPSA) is 394 Å². The third kappa shape index (κ3) is 17.0. The predicted octanol–water partition coefficient (Wildman–Crippen LogP) is -1.06. The van der Waals surface area contributed by atoms with Crippen LogP contribution in [0.1, 0.15) is 51.9 Å². The first-order valence-corrected chi connectivity index (χ1v) is 27.9. The molecule has 1 unspecified atom stereocenters. The van der Waals surface area contributed by atoms with E-state index in [0.717, 1.165) is 26.5 Å². The number of fused-ring (bicyclic) bond motifs is 2. The van der Waals surface area contributed by atoms with Crippen LogP contribution in [0.15, 0.2) is 97.1 Å². The number of halogens is 1. The molecule has 2 heterocycles. The molecule has 0 spiro atoms. The average molecular weight is 1150 g/mol. The molecule has 2 fully saturated rings. The molecule has 26 heteroatoms. The standard InChI is InChI=1S/C53H64ClN11O12S2/c1-65-40(4-2-3-21-55)50(74)63-41-43(68)44(42(64-51(41)75)52(76)59-36(46(58)70)23-29-9-17-33(66)18-10-29)79-78-26-39(62-47(71)35(56)22-27-7-15-32(54)16-8-27)49(73)60-37(24-30-11-19-34(67)20-12-30)48(72)61-38(53(65)77)25-28-5-13-31(14-6-28)45(57)69/h5-20,35-44,66-68H,2-4,21-26,55-56H2,1H3,(H2,57,69)(H2,58,70)(H,59,76)(H,60,73)(H,61,72)(H,62,71)(H,63,74)(H,64,75)/t35-,36+,37-,38+,39+,40-,41-,42-,43-,44?/m0/s1. The number of phenols is 2. The Kier molecular flexibility index (Phi) is 21.9. The Balaban J connectivity index is 1.42. The summed E-state index contributed by atoms with van der Waals surface area (Å²) in [5, 5.41) is 47.0. The van der Waals surface area contributed by atoms with E-state index in [9.17, 15) is 58.5 Å². The minimum Gasteiger partial charge on any atom is -0.508 e. The maximum absolute atomic E-state index is 15.0. The average Bonchev–Trinajstić information content (AvgIpc) is 3.47. The SMILES string of the molecule is CN1C(=O)[C@@H](Cc2ccc(C(N)=O)cc2)NC(=O)[C@H](Cc2ccc(O)cc2)NC(=O)[C@H](NC(=O)[C@@H](N)Cc2ccc(Cl)cc2)CSSC2[C@@H](C(=O)N[C@H](Cc3ccc(O)cc3)C(N)=O)NC(=O)[C@@H](NC(=O)[C@@H]1CCCCN)[C@@H]2O. The van der Waals surface area contributed by atoms with E-state index in [2.05, 4.69) is 31.9 Å². The summed E-state index contributed by atoms with van der Waals surface area (Å²) in [5.41, 5.74) is 25.6. The van der Waals surface area contributed by atoms with Gasteiger partial charge in [-0.1, -0.05) is 81.7 Å². The molecule has 23 nitrogen and oxygen atoms in total. The lowest BCUT2D eigenvalue weighted by atomic mass is 9.94. The van der Waals surface area contributed by atoms with Crippen LogP contribution < -0.4 is 54.8 Å². The van der Waals surface area contributed by atoms with Crippen molar-refractivity contribution in [3.05, 3.63) is 130 Å². The van der Waals surface area contributed by atoms with Crippen LogP contribution in [-0.4, -0.2) is 152 Å². The Morgan fingerprint density at radius 1 is 0.722 bits per heavy atom. The van der Waals surface area contributed by atoms with Crippen molar-refractivity contribution in [1.29, 1.82) is 0 Å². The van der Waals surface area contributed by atoms with Gasteiger partial charge in [0.15, 0.2) is 0 Å². The summed E-state index contributed by atoms with van der Waals surface area (Å²) in [6.07, 6.45) is -1.80. The van der Waals surface area contributed by atoms with E-state index in [4.69, 9.17) is 34.5 Å². The van der Waals surface area contributed by atoms with Crippen LogP contribution in [-0.2, 0) is 64.0 Å². The van der Waals surface area contributed by atoms with Crippen molar-refractivity contribution in [3.8, 4) is 11.5 Å². The van der Waals surface area contributed by atoms with E-state index in [1.807, 2.05) is 0 Å². The van der Waals surface area contributed by atoms with E-state index >= 15 is 0 Å². The van der Waals surface area contributed by atoms with Gasteiger partial charge in [-0.15, -0.1) is 0 Å². The number of likely N-dealkylation sites (N-methyl/N-ethyl adjacent to an activating group) is 1. The van der Waals surface area contributed by atoms with Crippen molar-refractivity contribution in [2.45, 2.75) is 105 Å². The van der Waals surface area contributed by atoms with Crippen molar-refractivity contribution in [2.75, 3.05) is 19.3 Å². The molecule has 422 valence electrons. The number of amides is 9. The number of aliphatic hydroxyl groups excluding tert-OH is 1. The van der Waals surface area contributed by atoms with Crippen LogP contribution in [0.2, 0.25) is 5.02 Å². The molecule has 2 bridgehead atoms. The number of benzene rings is 4. The van der Waals surface area contributed by atoms with Gasteiger partial charge in [-0.3, -0.25) is 43.2 Å². The third-order valence-electron chi connectivity index (χ3n) is 13.3. The summed E-state index contributed by atoms with van der Waals surface area (Å²) >= 11 is 6.07. The number of nitrogens with zero attached hydrogens (tertiary/aromatic N) is 1. The van der Waals surface area contributed by atoms with Gasteiger partial charge in [0, 0.05) is 42.6 Å². The fraction of sp³-hybridized carbons (Fsp3) is 0.377. The van der Waals surface area contributed by atoms with Gasteiger partial charge in [-0.25, -0.2) is 0 Å². The summed E-state index contributed by atoms with van der Waals surface area (Å²) < 4.78 is 0. The van der Waals surface area contributed by atoms with Crippen LogP contribution >= 0.6 is 33.2 Å². The molecule has 10 atom stereocenters. The zero-order chi connectivity index (χ0) is 57.5. The van der Waals surface area contributed by atoms with Crippen molar-refractivity contribution in [3.63, 3.8) is 0 Å². The third-order valence-corrected chi connectivity index (χ3v) is 16.4. The molecule has 0 saturated carbocycles. The van der Waals surface area contributed by atoms with Gasteiger partial charge in [-0.2, -0.15) is 0 Å². The first kappa shape index (κ1) is 60.8. The number of nitrogens with one attached hydrogen (secondary N) is 6. The largest absolute Gasteiger partial charge is 0.508 e. The van der Waals surface area contributed by atoms with Gasteiger partial charge < -0.3 is 75.1 Å². The number of piperidine rings is 1. The Bertz CT molecular complexity index is 2840. The van der Waals surface area contributed by atoms with Gasteiger partial charge in [0.05, 0.1) is 17.4 Å². The number of unbranched alkanes of at least 4 members (excludes halogenated alkanes) is 1. The lowest BCUT2D eigenvalue weighted by Crippen LogP contribution is -2.71. The Hall–Kier alpha value is -7.42. The molecule has 6 rings (SSSR count). The number of rotatable bonds is 18. The number of hydrogen-bond donors (Lipinski definition) is 13. The Labute approximate surface area is 467 Å². The summed E-state index contributed by atoms with van der Waals surface area (Å²) in [5.74, 6) is -8.50. The molecule has 0 aliphatic carbocycles. The van der Waals surface area contributed by atoms with Crippen LogP contribution in [0.4, 0.5) is 0 Å². The minimum absolute atomic E-state index is 0.00498. The summed E-state index contributed by atoms with van der Waals surface area (Å²) in [6, 6.07) is 12.0. The number of hydrogen-bond acceptors (Lipinski definition) is 16. The van der Waals surface area contributed by atoms with Gasteiger partial charge in [0.2, 0.25) is 53.2 Å². The second-order valence-corrected chi connectivity index (χ2v) is 22.2. The van der Waals surface area contributed by atoms with E-state index in [-0.39, 0.29) is 61.5 Å². The monoisotopic (exact) mass is 1150 g/mol. The van der Waals surface area contributed by atoms with Gasteiger partial charge >= 0.3 is 0 Å². The normalized spacial score (nSPS) is 23.1. The van der Waals surface area contributed by atoms with Crippen LogP contribution in [0.3, 0.4) is 0 Å². The number of aromatic hydroxyl groups is 2. The molecule has 2 aliphatic heterocycles. The van der Waals surface area contributed by atoms with Crippen molar-refractivity contribution in [1.82, 2.24) is 36.8 Å². The highest BCUT2D eigenvalue weighted by atomic mass is 35.5. The van der Waals surface area contributed by atoms with Crippen LogP contribution in [0.25, 0.3) is 0 Å². The van der Waals surface area contributed by atoms with Crippen molar-refractivity contribution in [2.24, 2.45) is 22.9 Å². The molecule has 79 heavy (non-hydrogen) atoms. The smallest absolute Gasteiger partial charge is 0.248 e. The second-order valence-electron chi connectivity index (χ2n) is 19.1. The maximum Gasteiger partial charge on any atom is 0.248 e. The van der Waals surface area contributed by atoms with Gasteiger partial charge in [0.25, 0.3) is 0 Å². The van der Waals surface area contributed by atoms with Gasteiger partial charge in [0.1, 0.15) is 53.8 Å². The zero-order valence-electron chi connectivity index (χ0n) is 42.8. The Morgan fingerprint density at radius 3 is 1.87 bits per heavy atom. The maximum atomic E-state index is 15.0. The first-order valence-electron chi connectivity index (χ1n) is 25.1. The lowest BCUT2D eigenvalue weighted by molar-refractivity contribution is -0.145. The van der Waals surface area contributed by atoms with E-state index in [1.165, 1.54) is 79.8 Å². The quantitative estimate of drug-likeness (QED) is 0.0417. The molecule has 0 radical (unpaired) electrons. The summed E-state index contributed by atoms with van der Waals surface area (Å²) in [7, 11) is 2.97.